The molecule has 1 amide bonds. The van der Waals surface area contributed by atoms with Gasteiger partial charge in [-0.1, -0.05) is 6.07 Å². The van der Waals surface area contributed by atoms with Crippen LogP contribution in [0.1, 0.15) is 65.2 Å². The van der Waals surface area contributed by atoms with Gasteiger partial charge in [-0.2, -0.15) is 13.2 Å². The van der Waals surface area contributed by atoms with Gasteiger partial charge in [-0.15, -0.1) is 0 Å². The van der Waals surface area contributed by atoms with Crippen LogP contribution in [-0.4, -0.2) is 44.8 Å². The minimum atomic E-state index is -4.51. The van der Waals surface area contributed by atoms with Crippen molar-refractivity contribution in [3.63, 3.8) is 0 Å². The van der Waals surface area contributed by atoms with Crippen LogP contribution < -0.4 is 4.74 Å². The van der Waals surface area contributed by atoms with Crippen LogP contribution in [-0.2, 0) is 33.8 Å². The van der Waals surface area contributed by atoms with Gasteiger partial charge in [0, 0.05) is 32.6 Å². The first-order chi connectivity index (χ1) is 16.3. The second-order valence-corrected chi connectivity index (χ2v) is 11.4. The fraction of sp³-hybridized carbons (Fsp3) is 0.480. The number of carbonyl (C=O) groups is 1. The lowest BCUT2D eigenvalue weighted by Gasteiger charge is -2.26. The summed E-state index contributed by atoms with van der Waals surface area (Å²) < 4.78 is 77.0. The van der Waals surface area contributed by atoms with E-state index in [1.54, 1.807) is 19.9 Å². The van der Waals surface area contributed by atoms with E-state index in [0.29, 0.717) is 37.2 Å². The van der Waals surface area contributed by atoms with Crippen molar-refractivity contribution in [2.24, 2.45) is 0 Å². The predicted octanol–water partition coefficient (Wildman–Crippen LogP) is 4.95. The van der Waals surface area contributed by atoms with Gasteiger partial charge in [-0.05, 0) is 73.6 Å². The van der Waals surface area contributed by atoms with Gasteiger partial charge in [0.25, 0.3) is 5.91 Å². The van der Waals surface area contributed by atoms with Crippen molar-refractivity contribution in [3.05, 3.63) is 58.1 Å². The summed E-state index contributed by atoms with van der Waals surface area (Å²) in [5, 5.41) is 0. The molecule has 1 fully saturated rings. The summed E-state index contributed by atoms with van der Waals surface area (Å²) in [7, 11) is -3.58. The van der Waals surface area contributed by atoms with E-state index in [0.717, 1.165) is 12.3 Å². The van der Waals surface area contributed by atoms with E-state index in [-0.39, 0.29) is 46.9 Å². The van der Waals surface area contributed by atoms with Crippen molar-refractivity contribution in [2.75, 3.05) is 19.5 Å². The number of fused-ring (bicyclic) bond motifs is 1. The lowest BCUT2D eigenvalue weighted by molar-refractivity contribution is -0.138. The second kappa shape index (κ2) is 9.46. The number of ether oxygens (including phenoxy) is 2. The Kier molecular flexibility index (Phi) is 6.89. The third-order valence-corrected chi connectivity index (χ3v) is 7.43. The van der Waals surface area contributed by atoms with Crippen molar-refractivity contribution in [2.45, 2.75) is 62.9 Å². The van der Waals surface area contributed by atoms with E-state index < -0.39 is 27.5 Å². The highest BCUT2D eigenvalue weighted by molar-refractivity contribution is 7.90. The van der Waals surface area contributed by atoms with Crippen LogP contribution in [0.15, 0.2) is 35.2 Å². The van der Waals surface area contributed by atoms with E-state index in [1.165, 1.54) is 23.1 Å². The molecule has 2 aromatic carbocycles. The highest BCUT2D eigenvalue weighted by Gasteiger charge is 2.38. The number of hydrogen-bond acceptors (Lipinski definition) is 5. The van der Waals surface area contributed by atoms with Gasteiger partial charge in [0.1, 0.15) is 5.75 Å². The first-order valence-electron chi connectivity index (χ1n) is 11.4. The van der Waals surface area contributed by atoms with E-state index in [2.05, 4.69) is 0 Å². The van der Waals surface area contributed by atoms with Crippen molar-refractivity contribution < 1.29 is 35.9 Å². The largest absolute Gasteiger partial charge is 0.490 e. The van der Waals surface area contributed by atoms with Gasteiger partial charge in [0.2, 0.25) is 0 Å². The van der Waals surface area contributed by atoms with Crippen LogP contribution in [0, 0.1) is 0 Å². The molecule has 0 unspecified atom stereocenters. The average Bonchev–Trinajstić information content (AvgIpc) is 3.20. The first-order valence-corrected chi connectivity index (χ1v) is 13.3. The van der Waals surface area contributed by atoms with Crippen LogP contribution >= 0.6 is 0 Å². The summed E-state index contributed by atoms with van der Waals surface area (Å²) in [5.74, 6) is -0.524. The minimum absolute atomic E-state index is 0.00444. The molecule has 35 heavy (non-hydrogen) atoms. The Morgan fingerprint density at radius 1 is 1.09 bits per heavy atom. The van der Waals surface area contributed by atoms with Crippen LogP contribution in [0.4, 0.5) is 13.2 Å². The van der Waals surface area contributed by atoms with E-state index in [4.69, 9.17) is 9.47 Å². The van der Waals surface area contributed by atoms with Gasteiger partial charge in [-0.3, -0.25) is 4.79 Å². The Balaban J connectivity index is 1.70. The van der Waals surface area contributed by atoms with Crippen molar-refractivity contribution >= 4 is 15.7 Å². The zero-order chi connectivity index (χ0) is 25.5. The summed E-state index contributed by atoms with van der Waals surface area (Å²) in [6, 6.07) is 6.83. The van der Waals surface area contributed by atoms with Crippen molar-refractivity contribution in [3.8, 4) is 5.75 Å². The van der Waals surface area contributed by atoms with E-state index in [1.807, 2.05) is 0 Å². The molecule has 190 valence electrons. The van der Waals surface area contributed by atoms with Gasteiger partial charge >= 0.3 is 6.18 Å². The third kappa shape index (κ3) is 5.48. The maximum atomic E-state index is 13.9. The molecule has 10 heteroatoms. The number of halogens is 3. The molecule has 0 radical (unpaired) electrons. The summed E-state index contributed by atoms with van der Waals surface area (Å²) in [6.45, 7) is 4.52. The SMILES string of the molecule is CC(C)Oc1ccc(S(C)(=O)=O)cc1C(=O)N1Cc2cc(C3CCOCC3)c(C(F)(F)F)cc2C1. The molecule has 2 aliphatic heterocycles. The zero-order valence-electron chi connectivity index (χ0n) is 19.8. The standard InChI is InChI=1S/C25H28F3NO5S/c1-15(2)34-23-5-4-19(35(3,31)32)12-21(23)24(30)29-13-17-10-20(16-6-8-33-9-7-16)22(25(26,27)28)11-18(17)14-29/h4-5,10-12,15-16H,6-9,13-14H2,1-3H3. The summed E-state index contributed by atoms with van der Waals surface area (Å²) in [6.07, 6.45) is -2.71. The molecule has 0 spiro atoms. The molecule has 2 heterocycles. The molecule has 0 N–H and O–H groups in total. The molecule has 0 atom stereocenters. The highest BCUT2D eigenvalue weighted by Crippen LogP contribution is 2.42. The van der Waals surface area contributed by atoms with Gasteiger partial charge in [-0.25, -0.2) is 8.42 Å². The molecule has 0 saturated carbocycles. The number of nitrogens with zero attached hydrogens (tertiary/aromatic N) is 1. The van der Waals surface area contributed by atoms with Crippen molar-refractivity contribution in [1.82, 2.24) is 4.90 Å². The van der Waals surface area contributed by atoms with E-state index >= 15 is 0 Å². The summed E-state index contributed by atoms with van der Waals surface area (Å²) >= 11 is 0. The monoisotopic (exact) mass is 511 g/mol. The minimum Gasteiger partial charge on any atom is -0.490 e. The fourth-order valence-corrected chi connectivity index (χ4v) is 5.29. The Morgan fingerprint density at radius 3 is 2.29 bits per heavy atom. The van der Waals surface area contributed by atoms with Gasteiger partial charge in [0.15, 0.2) is 9.84 Å². The summed E-state index contributed by atoms with van der Waals surface area (Å²) in [4.78, 5) is 14.9. The second-order valence-electron chi connectivity index (χ2n) is 9.35. The number of alkyl halides is 3. The maximum Gasteiger partial charge on any atom is 0.416 e. The number of rotatable bonds is 5. The number of hydrogen-bond donors (Lipinski definition) is 0. The van der Waals surface area contributed by atoms with Gasteiger partial charge in [0.05, 0.1) is 22.1 Å². The molecule has 0 aliphatic carbocycles. The molecule has 0 aromatic heterocycles. The normalized spacial score (nSPS) is 17.1. The van der Waals surface area contributed by atoms with Gasteiger partial charge < -0.3 is 14.4 Å². The molecular formula is C25H28F3NO5S. The quantitative estimate of drug-likeness (QED) is 0.568. The molecule has 4 rings (SSSR count). The number of benzene rings is 2. The molecule has 0 bridgehead atoms. The fourth-order valence-electron chi connectivity index (χ4n) is 4.64. The van der Waals surface area contributed by atoms with Crippen molar-refractivity contribution in [1.29, 1.82) is 0 Å². The number of sulfone groups is 1. The lowest BCUT2D eigenvalue weighted by atomic mass is 9.86. The Hall–Kier alpha value is -2.59. The Morgan fingerprint density at radius 2 is 1.71 bits per heavy atom. The zero-order valence-corrected chi connectivity index (χ0v) is 20.6. The smallest absolute Gasteiger partial charge is 0.416 e. The van der Waals surface area contributed by atoms with Crippen LogP contribution in [0.5, 0.6) is 5.75 Å². The highest BCUT2D eigenvalue weighted by atomic mass is 32.2. The maximum absolute atomic E-state index is 13.9. The van der Waals surface area contributed by atoms with Crippen LogP contribution in [0.25, 0.3) is 0 Å². The number of amides is 1. The van der Waals surface area contributed by atoms with Crippen LogP contribution in [0.3, 0.4) is 0 Å². The topological polar surface area (TPSA) is 72.9 Å². The van der Waals surface area contributed by atoms with Crippen LogP contribution in [0.2, 0.25) is 0 Å². The molecule has 1 saturated heterocycles. The average molecular weight is 512 g/mol. The lowest BCUT2D eigenvalue weighted by Crippen LogP contribution is -2.26. The predicted molar refractivity (Wildman–Crippen MR) is 123 cm³/mol. The first kappa shape index (κ1) is 25.5. The third-order valence-electron chi connectivity index (χ3n) is 6.32. The molecular weight excluding hydrogens is 483 g/mol. The van der Waals surface area contributed by atoms with E-state index in [9.17, 15) is 26.4 Å². The Bertz CT molecular complexity index is 1230. The molecule has 2 aromatic rings. The Labute approximate surface area is 202 Å². The molecule has 2 aliphatic rings. The summed E-state index contributed by atoms with van der Waals surface area (Å²) in [5.41, 5.74) is 0.748. The molecule has 6 nitrogen and oxygen atoms in total. The number of carbonyl (C=O) groups excluding carboxylic acids is 1.